The van der Waals surface area contributed by atoms with Crippen LogP contribution < -0.4 is 5.73 Å². The predicted octanol–water partition coefficient (Wildman–Crippen LogP) is 1.16. The molecule has 1 saturated heterocycles. The SMILES string of the molecule is COC(=O)CCC1CC(N)CN(C(=O)C(C)(C)C)C1. The van der Waals surface area contributed by atoms with Crippen molar-refractivity contribution in [2.24, 2.45) is 17.1 Å². The summed E-state index contributed by atoms with van der Waals surface area (Å²) in [5, 5.41) is 0. The number of piperidine rings is 1. The van der Waals surface area contributed by atoms with Crippen molar-refractivity contribution in [3.05, 3.63) is 0 Å². The molecule has 1 heterocycles. The zero-order valence-corrected chi connectivity index (χ0v) is 12.4. The number of rotatable bonds is 3. The summed E-state index contributed by atoms with van der Waals surface area (Å²) in [7, 11) is 1.39. The Bertz CT molecular complexity index is 336. The fraction of sp³-hybridized carbons (Fsp3) is 0.857. The van der Waals surface area contributed by atoms with E-state index in [1.54, 1.807) is 0 Å². The molecule has 1 rings (SSSR count). The molecule has 19 heavy (non-hydrogen) atoms. The lowest BCUT2D eigenvalue weighted by molar-refractivity contribution is -0.142. The molecule has 0 aliphatic carbocycles. The summed E-state index contributed by atoms with van der Waals surface area (Å²) in [4.78, 5) is 25.3. The van der Waals surface area contributed by atoms with Gasteiger partial charge in [0.05, 0.1) is 7.11 Å². The van der Waals surface area contributed by atoms with Crippen LogP contribution in [0.25, 0.3) is 0 Å². The van der Waals surface area contributed by atoms with Crippen molar-refractivity contribution in [1.29, 1.82) is 0 Å². The number of amides is 1. The van der Waals surface area contributed by atoms with Gasteiger partial charge in [-0.2, -0.15) is 0 Å². The molecule has 0 bridgehead atoms. The number of nitrogens with zero attached hydrogens (tertiary/aromatic N) is 1. The Balaban J connectivity index is 2.58. The van der Waals surface area contributed by atoms with E-state index in [2.05, 4.69) is 4.74 Å². The molecular formula is C14H26N2O3. The average molecular weight is 270 g/mol. The summed E-state index contributed by atoms with van der Waals surface area (Å²) in [6, 6.07) is 0.00250. The minimum atomic E-state index is -0.385. The van der Waals surface area contributed by atoms with Crippen LogP contribution in [-0.4, -0.2) is 43.0 Å². The van der Waals surface area contributed by atoms with E-state index in [0.29, 0.717) is 19.5 Å². The van der Waals surface area contributed by atoms with E-state index >= 15 is 0 Å². The molecule has 1 amide bonds. The third-order valence-corrected chi connectivity index (χ3v) is 3.48. The summed E-state index contributed by atoms with van der Waals surface area (Å²) < 4.78 is 4.65. The number of esters is 1. The van der Waals surface area contributed by atoms with Crippen molar-refractivity contribution in [3.8, 4) is 0 Å². The predicted molar refractivity (Wildman–Crippen MR) is 73.4 cm³/mol. The summed E-state index contributed by atoms with van der Waals surface area (Å²) in [6.07, 6.45) is 1.99. The van der Waals surface area contributed by atoms with Gasteiger partial charge in [0.15, 0.2) is 0 Å². The van der Waals surface area contributed by atoms with Crippen LogP contribution in [0, 0.1) is 11.3 Å². The van der Waals surface area contributed by atoms with Gasteiger partial charge < -0.3 is 15.4 Å². The second-order valence-electron chi connectivity index (χ2n) is 6.44. The fourth-order valence-corrected chi connectivity index (χ4v) is 2.52. The number of carbonyl (C=O) groups excluding carboxylic acids is 2. The van der Waals surface area contributed by atoms with E-state index in [9.17, 15) is 9.59 Å². The normalized spacial score (nSPS) is 24.2. The minimum absolute atomic E-state index is 0.00250. The van der Waals surface area contributed by atoms with Gasteiger partial charge in [0, 0.05) is 31.0 Å². The summed E-state index contributed by atoms with van der Waals surface area (Å²) >= 11 is 0. The first-order chi connectivity index (χ1) is 8.74. The lowest BCUT2D eigenvalue weighted by Crippen LogP contribution is -2.52. The molecule has 0 saturated carbocycles. The van der Waals surface area contributed by atoms with Gasteiger partial charge in [0.2, 0.25) is 5.91 Å². The van der Waals surface area contributed by atoms with E-state index in [4.69, 9.17) is 5.73 Å². The average Bonchev–Trinajstić information content (AvgIpc) is 2.33. The quantitative estimate of drug-likeness (QED) is 0.781. The molecule has 2 unspecified atom stereocenters. The Morgan fingerprint density at radius 3 is 2.47 bits per heavy atom. The first-order valence-corrected chi connectivity index (χ1v) is 6.85. The lowest BCUT2D eigenvalue weighted by Gasteiger charge is -2.39. The van der Waals surface area contributed by atoms with E-state index in [-0.39, 0.29) is 29.3 Å². The number of carbonyl (C=O) groups is 2. The maximum absolute atomic E-state index is 12.3. The van der Waals surface area contributed by atoms with Crippen molar-refractivity contribution in [1.82, 2.24) is 4.90 Å². The van der Waals surface area contributed by atoms with Gasteiger partial charge in [0.25, 0.3) is 0 Å². The molecule has 1 aliphatic rings. The van der Waals surface area contributed by atoms with E-state index in [1.165, 1.54) is 7.11 Å². The molecule has 1 fully saturated rings. The summed E-state index contributed by atoms with van der Waals surface area (Å²) in [6.45, 7) is 7.06. The van der Waals surface area contributed by atoms with Gasteiger partial charge in [-0.25, -0.2) is 0 Å². The van der Waals surface area contributed by atoms with Gasteiger partial charge >= 0.3 is 5.97 Å². The van der Waals surface area contributed by atoms with Gasteiger partial charge in [-0.15, -0.1) is 0 Å². The second kappa shape index (κ2) is 6.37. The number of methoxy groups -OCH3 is 1. The molecule has 2 N–H and O–H groups in total. The largest absolute Gasteiger partial charge is 0.469 e. The molecule has 0 aromatic rings. The van der Waals surface area contributed by atoms with Crippen LogP contribution in [0.4, 0.5) is 0 Å². The Hall–Kier alpha value is -1.10. The Labute approximate surface area is 115 Å². The molecule has 2 atom stereocenters. The third-order valence-electron chi connectivity index (χ3n) is 3.48. The molecule has 0 spiro atoms. The maximum Gasteiger partial charge on any atom is 0.305 e. The zero-order chi connectivity index (χ0) is 14.6. The van der Waals surface area contributed by atoms with Crippen LogP contribution in [-0.2, 0) is 14.3 Å². The van der Waals surface area contributed by atoms with Gasteiger partial charge in [0.1, 0.15) is 0 Å². The molecule has 5 heteroatoms. The van der Waals surface area contributed by atoms with Crippen molar-refractivity contribution in [2.75, 3.05) is 20.2 Å². The lowest BCUT2D eigenvalue weighted by atomic mass is 9.87. The Morgan fingerprint density at radius 2 is 1.95 bits per heavy atom. The van der Waals surface area contributed by atoms with Crippen LogP contribution in [0.1, 0.15) is 40.0 Å². The molecule has 0 radical (unpaired) electrons. The van der Waals surface area contributed by atoms with Crippen molar-refractivity contribution in [2.45, 2.75) is 46.1 Å². The van der Waals surface area contributed by atoms with Crippen LogP contribution in [0.3, 0.4) is 0 Å². The van der Waals surface area contributed by atoms with Crippen molar-refractivity contribution in [3.63, 3.8) is 0 Å². The number of hydrogen-bond acceptors (Lipinski definition) is 4. The zero-order valence-electron chi connectivity index (χ0n) is 12.4. The highest BCUT2D eigenvalue weighted by Crippen LogP contribution is 2.25. The first kappa shape index (κ1) is 16.0. The van der Waals surface area contributed by atoms with Gasteiger partial charge in [-0.3, -0.25) is 9.59 Å². The standard InChI is InChI=1S/C14H26N2O3/c1-14(2,3)13(18)16-8-10(7-11(15)9-16)5-6-12(17)19-4/h10-11H,5-9,15H2,1-4H3. The molecule has 1 aliphatic heterocycles. The van der Waals surface area contributed by atoms with E-state index in [1.807, 2.05) is 25.7 Å². The van der Waals surface area contributed by atoms with Gasteiger partial charge in [-0.05, 0) is 18.8 Å². The first-order valence-electron chi connectivity index (χ1n) is 6.85. The highest BCUT2D eigenvalue weighted by molar-refractivity contribution is 5.81. The second-order valence-corrected chi connectivity index (χ2v) is 6.44. The highest BCUT2D eigenvalue weighted by atomic mass is 16.5. The van der Waals surface area contributed by atoms with Crippen molar-refractivity contribution >= 4 is 11.9 Å². The molecule has 0 aromatic carbocycles. The van der Waals surface area contributed by atoms with Crippen LogP contribution in [0.5, 0.6) is 0 Å². The summed E-state index contributed by atoms with van der Waals surface area (Å²) in [5.41, 5.74) is 5.64. The van der Waals surface area contributed by atoms with Crippen LogP contribution in [0.15, 0.2) is 0 Å². The number of nitrogens with two attached hydrogens (primary N) is 1. The monoisotopic (exact) mass is 270 g/mol. The van der Waals surface area contributed by atoms with E-state index in [0.717, 1.165) is 12.8 Å². The maximum atomic E-state index is 12.3. The third kappa shape index (κ3) is 4.82. The summed E-state index contributed by atoms with van der Waals surface area (Å²) in [5.74, 6) is 0.215. The van der Waals surface area contributed by atoms with Crippen molar-refractivity contribution < 1.29 is 14.3 Å². The Kier molecular flexibility index (Phi) is 5.35. The minimum Gasteiger partial charge on any atom is -0.469 e. The number of hydrogen-bond donors (Lipinski definition) is 1. The molecule has 110 valence electrons. The topological polar surface area (TPSA) is 72.6 Å². The van der Waals surface area contributed by atoms with Crippen LogP contribution >= 0.6 is 0 Å². The molecule has 5 nitrogen and oxygen atoms in total. The number of likely N-dealkylation sites (tertiary alicyclic amines) is 1. The molecular weight excluding hydrogens is 244 g/mol. The van der Waals surface area contributed by atoms with Crippen LogP contribution in [0.2, 0.25) is 0 Å². The highest BCUT2D eigenvalue weighted by Gasteiger charge is 2.33. The van der Waals surface area contributed by atoms with Gasteiger partial charge in [-0.1, -0.05) is 20.8 Å². The fourth-order valence-electron chi connectivity index (χ4n) is 2.52. The Morgan fingerprint density at radius 1 is 1.32 bits per heavy atom. The smallest absolute Gasteiger partial charge is 0.305 e. The number of ether oxygens (including phenoxy) is 1. The molecule has 0 aromatic heterocycles. The van der Waals surface area contributed by atoms with E-state index < -0.39 is 0 Å².